The number of benzene rings is 1. The maximum Gasteiger partial charge on any atom is 0.158 e. The Morgan fingerprint density at radius 2 is 2.22 bits per heavy atom. The molecule has 1 fully saturated rings. The van der Waals surface area contributed by atoms with E-state index in [1.54, 1.807) is 7.11 Å². The Labute approximate surface area is 108 Å². The molecule has 1 aliphatic rings. The van der Waals surface area contributed by atoms with Gasteiger partial charge in [-0.05, 0) is 12.0 Å². The van der Waals surface area contributed by atoms with E-state index in [0.29, 0.717) is 13.2 Å². The SMILES string of the molecule is C=C[C@]1(COCc2ccccc2)CC[C@@H](OC)O1. The zero-order chi connectivity index (χ0) is 12.8. The summed E-state index contributed by atoms with van der Waals surface area (Å²) in [7, 11) is 1.66. The first kappa shape index (κ1) is 13.3. The standard InChI is InChI=1S/C15H20O3/c1-3-15(10-9-14(16-2)18-15)12-17-11-13-7-5-4-6-8-13/h3-8,14H,1,9-12H2,2H3/t14-,15+/m0/s1. The van der Waals surface area contributed by atoms with Crippen LogP contribution in [0.5, 0.6) is 0 Å². The maximum atomic E-state index is 5.82. The van der Waals surface area contributed by atoms with E-state index in [4.69, 9.17) is 14.2 Å². The van der Waals surface area contributed by atoms with Crippen LogP contribution in [0.25, 0.3) is 0 Å². The highest BCUT2D eigenvalue weighted by Crippen LogP contribution is 2.32. The van der Waals surface area contributed by atoms with Gasteiger partial charge in [-0.15, -0.1) is 6.58 Å². The molecule has 2 rings (SSSR count). The van der Waals surface area contributed by atoms with Gasteiger partial charge >= 0.3 is 0 Å². The van der Waals surface area contributed by atoms with E-state index in [1.165, 1.54) is 0 Å². The highest BCUT2D eigenvalue weighted by Gasteiger charge is 2.38. The highest BCUT2D eigenvalue weighted by molar-refractivity contribution is 5.13. The minimum atomic E-state index is -0.393. The largest absolute Gasteiger partial charge is 0.373 e. The topological polar surface area (TPSA) is 27.7 Å². The summed E-state index contributed by atoms with van der Waals surface area (Å²) in [6.45, 7) is 4.96. The molecular formula is C15H20O3. The summed E-state index contributed by atoms with van der Waals surface area (Å²) in [5, 5.41) is 0. The van der Waals surface area contributed by atoms with Crippen LogP contribution in [0.3, 0.4) is 0 Å². The van der Waals surface area contributed by atoms with Crippen molar-refractivity contribution in [3.63, 3.8) is 0 Å². The first-order valence-corrected chi connectivity index (χ1v) is 6.24. The van der Waals surface area contributed by atoms with Crippen molar-refractivity contribution in [2.75, 3.05) is 13.7 Å². The van der Waals surface area contributed by atoms with Gasteiger partial charge in [0, 0.05) is 13.5 Å². The summed E-state index contributed by atoms with van der Waals surface area (Å²) in [6.07, 6.45) is 3.47. The predicted octanol–water partition coefficient (Wildman–Crippen LogP) is 2.91. The minimum Gasteiger partial charge on any atom is -0.373 e. The lowest BCUT2D eigenvalue weighted by molar-refractivity contribution is -0.156. The third-order valence-electron chi connectivity index (χ3n) is 3.26. The first-order valence-electron chi connectivity index (χ1n) is 6.24. The van der Waals surface area contributed by atoms with Gasteiger partial charge in [-0.1, -0.05) is 36.4 Å². The smallest absolute Gasteiger partial charge is 0.158 e. The molecule has 2 atom stereocenters. The molecule has 0 amide bonds. The Balaban J connectivity index is 1.83. The number of hydrogen-bond donors (Lipinski definition) is 0. The second kappa shape index (κ2) is 6.14. The van der Waals surface area contributed by atoms with Gasteiger partial charge in [0.05, 0.1) is 13.2 Å². The van der Waals surface area contributed by atoms with Gasteiger partial charge in [0.1, 0.15) is 5.60 Å². The lowest BCUT2D eigenvalue weighted by Crippen LogP contribution is -2.32. The Morgan fingerprint density at radius 1 is 1.44 bits per heavy atom. The second-order valence-corrected chi connectivity index (χ2v) is 4.57. The molecule has 3 heteroatoms. The Hall–Kier alpha value is -1.16. The van der Waals surface area contributed by atoms with Gasteiger partial charge in [-0.25, -0.2) is 0 Å². The molecule has 0 N–H and O–H groups in total. The minimum absolute atomic E-state index is 0.136. The lowest BCUT2D eigenvalue weighted by Gasteiger charge is -2.25. The van der Waals surface area contributed by atoms with Crippen LogP contribution >= 0.6 is 0 Å². The van der Waals surface area contributed by atoms with Crippen molar-refractivity contribution in [1.29, 1.82) is 0 Å². The summed E-state index contributed by atoms with van der Waals surface area (Å²) < 4.78 is 16.8. The molecule has 1 heterocycles. The molecule has 1 aromatic carbocycles. The molecule has 18 heavy (non-hydrogen) atoms. The summed E-state index contributed by atoms with van der Waals surface area (Å²) in [6, 6.07) is 10.1. The fourth-order valence-corrected chi connectivity index (χ4v) is 2.14. The van der Waals surface area contributed by atoms with Gasteiger partial charge in [-0.3, -0.25) is 0 Å². The van der Waals surface area contributed by atoms with Crippen LogP contribution in [0, 0.1) is 0 Å². The van der Waals surface area contributed by atoms with Crippen molar-refractivity contribution in [2.24, 2.45) is 0 Å². The molecule has 1 aliphatic heterocycles. The van der Waals surface area contributed by atoms with E-state index in [2.05, 4.69) is 6.58 Å². The number of rotatable bonds is 6. The molecule has 0 unspecified atom stereocenters. The average molecular weight is 248 g/mol. The number of hydrogen-bond acceptors (Lipinski definition) is 3. The van der Waals surface area contributed by atoms with Crippen LogP contribution in [-0.4, -0.2) is 25.6 Å². The summed E-state index contributed by atoms with van der Waals surface area (Å²) in [5.41, 5.74) is 0.771. The fraction of sp³-hybridized carbons (Fsp3) is 0.467. The van der Waals surface area contributed by atoms with Gasteiger partial charge in [0.2, 0.25) is 0 Å². The molecule has 98 valence electrons. The zero-order valence-corrected chi connectivity index (χ0v) is 10.8. The lowest BCUT2D eigenvalue weighted by atomic mass is 10.0. The van der Waals surface area contributed by atoms with Crippen LogP contribution < -0.4 is 0 Å². The van der Waals surface area contributed by atoms with Crippen molar-refractivity contribution in [3.8, 4) is 0 Å². The predicted molar refractivity (Wildman–Crippen MR) is 70.1 cm³/mol. The fourth-order valence-electron chi connectivity index (χ4n) is 2.14. The van der Waals surface area contributed by atoms with Crippen molar-refractivity contribution in [2.45, 2.75) is 31.3 Å². The van der Waals surface area contributed by atoms with Crippen LogP contribution in [0.2, 0.25) is 0 Å². The summed E-state index contributed by atoms with van der Waals surface area (Å²) in [4.78, 5) is 0. The second-order valence-electron chi connectivity index (χ2n) is 4.57. The molecule has 0 bridgehead atoms. The Kier molecular flexibility index (Phi) is 4.53. The van der Waals surface area contributed by atoms with Crippen LogP contribution in [-0.2, 0) is 20.8 Å². The van der Waals surface area contributed by atoms with Gasteiger partial charge in [0.25, 0.3) is 0 Å². The monoisotopic (exact) mass is 248 g/mol. The first-order chi connectivity index (χ1) is 8.78. The average Bonchev–Trinajstić information content (AvgIpc) is 2.84. The molecule has 0 aliphatic carbocycles. The van der Waals surface area contributed by atoms with Crippen LogP contribution in [0.15, 0.2) is 43.0 Å². The molecule has 0 radical (unpaired) electrons. The van der Waals surface area contributed by atoms with Gasteiger partial charge in [-0.2, -0.15) is 0 Å². The van der Waals surface area contributed by atoms with E-state index in [0.717, 1.165) is 18.4 Å². The molecule has 1 aromatic rings. The van der Waals surface area contributed by atoms with Crippen LogP contribution in [0.1, 0.15) is 18.4 Å². The van der Waals surface area contributed by atoms with Crippen molar-refractivity contribution < 1.29 is 14.2 Å². The quantitative estimate of drug-likeness (QED) is 0.724. The normalized spacial score (nSPS) is 27.3. The van der Waals surface area contributed by atoms with Gasteiger partial charge in [0.15, 0.2) is 6.29 Å². The Morgan fingerprint density at radius 3 is 2.83 bits per heavy atom. The summed E-state index contributed by atoms with van der Waals surface area (Å²) in [5.74, 6) is 0. The van der Waals surface area contributed by atoms with E-state index in [1.807, 2.05) is 36.4 Å². The highest BCUT2D eigenvalue weighted by atomic mass is 16.7. The molecule has 0 aromatic heterocycles. The number of methoxy groups -OCH3 is 1. The van der Waals surface area contributed by atoms with Crippen molar-refractivity contribution in [3.05, 3.63) is 48.6 Å². The third-order valence-corrected chi connectivity index (χ3v) is 3.26. The molecule has 0 spiro atoms. The Bertz CT molecular complexity index is 377. The molecule has 0 saturated carbocycles. The molecule has 3 nitrogen and oxygen atoms in total. The zero-order valence-electron chi connectivity index (χ0n) is 10.8. The summed E-state index contributed by atoms with van der Waals surface area (Å²) >= 11 is 0. The van der Waals surface area contributed by atoms with E-state index in [9.17, 15) is 0 Å². The maximum absolute atomic E-state index is 5.82. The number of ether oxygens (including phenoxy) is 3. The molecular weight excluding hydrogens is 228 g/mol. The van der Waals surface area contributed by atoms with Crippen molar-refractivity contribution in [1.82, 2.24) is 0 Å². The molecule has 1 saturated heterocycles. The third kappa shape index (κ3) is 3.19. The van der Waals surface area contributed by atoms with E-state index < -0.39 is 5.60 Å². The van der Waals surface area contributed by atoms with Crippen molar-refractivity contribution >= 4 is 0 Å². The van der Waals surface area contributed by atoms with E-state index >= 15 is 0 Å². The van der Waals surface area contributed by atoms with Gasteiger partial charge < -0.3 is 14.2 Å². The van der Waals surface area contributed by atoms with Crippen LogP contribution in [0.4, 0.5) is 0 Å². The van der Waals surface area contributed by atoms with E-state index in [-0.39, 0.29) is 6.29 Å².